The van der Waals surface area contributed by atoms with Crippen LogP contribution in [0.3, 0.4) is 0 Å². The van der Waals surface area contributed by atoms with Gasteiger partial charge >= 0.3 is 5.63 Å². The van der Waals surface area contributed by atoms with E-state index in [9.17, 15) is 9.59 Å². The van der Waals surface area contributed by atoms with Crippen molar-refractivity contribution in [2.24, 2.45) is 0 Å². The molecule has 0 bridgehead atoms. The van der Waals surface area contributed by atoms with E-state index >= 15 is 0 Å². The summed E-state index contributed by atoms with van der Waals surface area (Å²) in [4.78, 5) is 29.6. The third kappa shape index (κ3) is 4.78. The smallest absolute Gasteiger partial charge is 0.349 e. The maximum absolute atomic E-state index is 12.5. The average Bonchev–Trinajstić information content (AvgIpc) is 2.78. The highest BCUT2D eigenvalue weighted by Crippen LogP contribution is 2.13. The summed E-state index contributed by atoms with van der Waals surface area (Å²) in [6.45, 7) is 9.09. The van der Waals surface area contributed by atoms with Crippen LogP contribution in [-0.4, -0.2) is 48.4 Å². The molecule has 0 radical (unpaired) electrons. The van der Waals surface area contributed by atoms with Gasteiger partial charge in [-0.1, -0.05) is 49.4 Å². The van der Waals surface area contributed by atoms with E-state index in [1.807, 2.05) is 24.3 Å². The van der Waals surface area contributed by atoms with Gasteiger partial charge in [-0.05, 0) is 29.8 Å². The Balaban J connectivity index is 1.33. The monoisotopic (exact) mass is 405 g/mol. The number of amides is 1. The number of fused-ring (bicyclic) bond motifs is 1. The number of hydrogen-bond donors (Lipinski definition) is 1. The van der Waals surface area contributed by atoms with Crippen molar-refractivity contribution in [3.05, 3.63) is 81.7 Å². The summed E-state index contributed by atoms with van der Waals surface area (Å²) in [5.74, 6) is -0.424. The zero-order valence-corrected chi connectivity index (χ0v) is 17.3. The highest BCUT2D eigenvalue weighted by Gasteiger charge is 2.16. The standard InChI is InChI=1S/C24H27N3O3/c1-2-26-11-13-27(14-12-26)17-19-9-7-18(8-10-19)16-25-23(28)21-15-20-5-3-4-6-22(20)30-24(21)29/h3-10,15H,2,11-14,16-17H2,1H3,(H,25,28). The molecule has 156 valence electrons. The molecular formula is C24H27N3O3. The van der Waals surface area contributed by atoms with Crippen LogP contribution in [0.25, 0.3) is 11.0 Å². The molecule has 1 aromatic heterocycles. The van der Waals surface area contributed by atoms with Crippen molar-refractivity contribution < 1.29 is 9.21 Å². The molecule has 1 fully saturated rings. The molecule has 4 rings (SSSR count). The predicted molar refractivity (Wildman–Crippen MR) is 117 cm³/mol. The molecule has 2 heterocycles. The Morgan fingerprint density at radius 2 is 1.63 bits per heavy atom. The number of nitrogens with one attached hydrogen (secondary N) is 1. The van der Waals surface area contributed by atoms with Crippen molar-refractivity contribution >= 4 is 16.9 Å². The highest BCUT2D eigenvalue weighted by molar-refractivity contribution is 5.96. The first kappa shape index (κ1) is 20.3. The molecule has 1 aliphatic rings. The van der Waals surface area contributed by atoms with E-state index in [0.717, 1.165) is 50.2 Å². The maximum atomic E-state index is 12.5. The van der Waals surface area contributed by atoms with Gasteiger partial charge in [-0.25, -0.2) is 4.79 Å². The summed E-state index contributed by atoms with van der Waals surface area (Å²) < 4.78 is 5.24. The lowest BCUT2D eigenvalue weighted by molar-refractivity contribution is 0.0947. The average molecular weight is 405 g/mol. The van der Waals surface area contributed by atoms with E-state index in [1.54, 1.807) is 18.2 Å². The Bertz CT molecular complexity index is 1070. The quantitative estimate of drug-likeness (QED) is 0.639. The molecule has 1 saturated heterocycles. The summed E-state index contributed by atoms with van der Waals surface area (Å²) in [7, 11) is 0. The lowest BCUT2D eigenvalue weighted by Crippen LogP contribution is -2.45. The molecule has 30 heavy (non-hydrogen) atoms. The largest absolute Gasteiger partial charge is 0.422 e. The second-order valence-electron chi connectivity index (χ2n) is 7.69. The number of likely N-dealkylation sites (N-methyl/N-ethyl adjacent to an activating group) is 1. The number of hydrogen-bond acceptors (Lipinski definition) is 5. The fourth-order valence-corrected chi connectivity index (χ4v) is 3.78. The number of para-hydroxylation sites is 1. The second kappa shape index (κ2) is 9.24. The Labute approximate surface area is 176 Å². The number of nitrogens with zero attached hydrogens (tertiary/aromatic N) is 2. The van der Waals surface area contributed by atoms with Crippen LogP contribution in [0.2, 0.25) is 0 Å². The SMILES string of the molecule is CCN1CCN(Cc2ccc(CNC(=O)c3cc4ccccc4oc3=O)cc2)CC1. The predicted octanol–water partition coefficient (Wildman–Crippen LogP) is 2.86. The van der Waals surface area contributed by atoms with E-state index in [-0.39, 0.29) is 5.56 Å². The van der Waals surface area contributed by atoms with Gasteiger partial charge in [0.2, 0.25) is 0 Å². The van der Waals surface area contributed by atoms with Gasteiger partial charge in [-0.3, -0.25) is 9.69 Å². The van der Waals surface area contributed by atoms with Gasteiger partial charge in [0.1, 0.15) is 11.1 Å². The van der Waals surface area contributed by atoms with E-state index in [1.165, 1.54) is 5.56 Å². The van der Waals surface area contributed by atoms with Crippen molar-refractivity contribution in [1.82, 2.24) is 15.1 Å². The molecule has 0 spiro atoms. The molecule has 0 saturated carbocycles. The number of carbonyl (C=O) groups is 1. The second-order valence-corrected chi connectivity index (χ2v) is 7.69. The van der Waals surface area contributed by atoms with Crippen LogP contribution < -0.4 is 10.9 Å². The van der Waals surface area contributed by atoms with Gasteiger partial charge in [0.05, 0.1) is 0 Å². The number of benzene rings is 2. The number of carbonyl (C=O) groups excluding carboxylic acids is 1. The summed E-state index contributed by atoms with van der Waals surface area (Å²) in [6, 6.07) is 17.0. The third-order valence-electron chi connectivity index (χ3n) is 5.68. The molecule has 0 unspecified atom stereocenters. The number of piperazine rings is 1. The zero-order chi connectivity index (χ0) is 20.9. The topological polar surface area (TPSA) is 65.8 Å². The fourth-order valence-electron chi connectivity index (χ4n) is 3.78. The molecular weight excluding hydrogens is 378 g/mol. The lowest BCUT2D eigenvalue weighted by atomic mass is 10.1. The van der Waals surface area contributed by atoms with Crippen molar-refractivity contribution in [3.8, 4) is 0 Å². The summed E-state index contributed by atoms with van der Waals surface area (Å²) >= 11 is 0. The molecule has 0 atom stereocenters. The van der Waals surface area contributed by atoms with Crippen molar-refractivity contribution in [2.45, 2.75) is 20.0 Å². The van der Waals surface area contributed by atoms with Gasteiger partial charge in [0.25, 0.3) is 5.91 Å². The first-order valence-electron chi connectivity index (χ1n) is 10.5. The molecule has 6 nitrogen and oxygen atoms in total. The van der Waals surface area contributed by atoms with E-state index in [4.69, 9.17) is 4.42 Å². The van der Waals surface area contributed by atoms with Gasteiger partial charge in [0, 0.05) is 44.7 Å². The van der Waals surface area contributed by atoms with Crippen LogP contribution in [0.5, 0.6) is 0 Å². The molecule has 0 aliphatic carbocycles. The minimum absolute atomic E-state index is 0.0246. The van der Waals surface area contributed by atoms with E-state index in [2.05, 4.69) is 34.2 Å². The van der Waals surface area contributed by atoms with Gasteiger partial charge in [0.15, 0.2) is 0 Å². The van der Waals surface area contributed by atoms with Crippen LogP contribution >= 0.6 is 0 Å². The van der Waals surface area contributed by atoms with Gasteiger partial charge < -0.3 is 14.6 Å². The maximum Gasteiger partial charge on any atom is 0.349 e. The Kier molecular flexibility index (Phi) is 6.26. The van der Waals surface area contributed by atoms with Gasteiger partial charge in [-0.15, -0.1) is 0 Å². The Morgan fingerprint density at radius 3 is 2.37 bits per heavy atom. The normalized spacial score (nSPS) is 15.4. The molecule has 3 aromatic rings. The summed E-state index contributed by atoms with van der Waals surface area (Å²) in [6.07, 6.45) is 0. The lowest BCUT2D eigenvalue weighted by Gasteiger charge is -2.34. The van der Waals surface area contributed by atoms with Crippen molar-refractivity contribution in [2.75, 3.05) is 32.7 Å². The van der Waals surface area contributed by atoms with Crippen LogP contribution in [0.1, 0.15) is 28.4 Å². The molecule has 1 N–H and O–H groups in total. The number of rotatable bonds is 6. The summed E-state index contributed by atoms with van der Waals surface area (Å²) in [5.41, 5.74) is 2.14. The Morgan fingerprint density at radius 1 is 0.967 bits per heavy atom. The first-order valence-corrected chi connectivity index (χ1v) is 10.5. The van der Waals surface area contributed by atoms with Crippen molar-refractivity contribution in [1.29, 1.82) is 0 Å². The molecule has 2 aromatic carbocycles. The first-order chi connectivity index (χ1) is 14.6. The zero-order valence-electron chi connectivity index (χ0n) is 17.3. The minimum atomic E-state index is -0.621. The van der Waals surface area contributed by atoms with Crippen LogP contribution in [0, 0.1) is 0 Å². The van der Waals surface area contributed by atoms with Crippen LogP contribution in [-0.2, 0) is 13.1 Å². The van der Waals surface area contributed by atoms with Crippen molar-refractivity contribution in [3.63, 3.8) is 0 Å². The highest BCUT2D eigenvalue weighted by atomic mass is 16.4. The van der Waals surface area contributed by atoms with Crippen LogP contribution in [0.4, 0.5) is 0 Å². The minimum Gasteiger partial charge on any atom is -0.422 e. The van der Waals surface area contributed by atoms with E-state index in [0.29, 0.717) is 12.1 Å². The van der Waals surface area contributed by atoms with Gasteiger partial charge in [-0.2, -0.15) is 0 Å². The fraction of sp³-hybridized carbons (Fsp3) is 0.333. The van der Waals surface area contributed by atoms with E-state index < -0.39 is 11.5 Å². The Hall–Kier alpha value is -2.96. The van der Waals surface area contributed by atoms with Crippen LogP contribution in [0.15, 0.2) is 63.8 Å². The third-order valence-corrected chi connectivity index (χ3v) is 5.68. The molecule has 1 aliphatic heterocycles. The molecule has 1 amide bonds. The summed E-state index contributed by atoms with van der Waals surface area (Å²) in [5, 5.41) is 3.55. The molecule has 6 heteroatoms.